The van der Waals surface area contributed by atoms with E-state index < -0.39 is 0 Å². The molecule has 0 amide bonds. The van der Waals surface area contributed by atoms with E-state index in [1.807, 2.05) is 0 Å². The highest BCUT2D eigenvalue weighted by atomic mass is 15.2. The third kappa shape index (κ3) is 2.92. The van der Waals surface area contributed by atoms with Gasteiger partial charge in [-0.15, -0.1) is 0 Å². The fraction of sp³-hybridized carbons (Fsp3) is 1.00. The Morgan fingerprint density at radius 3 is 2.43 bits per heavy atom. The molecule has 2 saturated heterocycles. The van der Waals surface area contributed by atoms with Crippen molar-refractivity contribution in [2.45, 2.75) is 12.5 Å². The summed E-state index contributed by atoms with van der Waals surface area (Å²) < 4.78 is 0. The van der Waals surface area contributed by atoms with Gasteiger partial charge >= 0.3 is 0 Å². The SMILES string of the molecule is NC1CCN(CCN2CCNCC2)C1. The van der Waals surface area contributed by atoms with E-state index in [4.69, 9.17) is 5.73 Å². The first-order valence-corrected chi connectivity index (χ1v) is 5.75. The molecule has 2 rings (SSSR count). The lowest BCUT2D eigenvalue weighted by molar-refractivity contribution is 0.204. The molecule has 4 nitrogen and oxygen atoms in total. The summed E-state index contributed by atoms with van der Waals surface area (Å²) in [5.41, 5.74) is 5.87. The molecule has 1 unspecified atom stereocenters. The molecule has 2 aliphatic rings. The molecule has 0 saturated carbocycles. The van der Waals surface area contributed by atoms with Crippen molar-refractivity contribution >= 4 is 0 Å². The Morgan fingerprint density at radius 1 is 1.07 bits per heavy atom. The number of likely N-dealkylation sites (tertiary alicyclic amines) is 1. The highest BCUT2D eigenvalue weighted by Crippen LogP contribution is 2.06. The molecular formula is C10H22N4. The van der Waals surface area contributed by atoms with Crippen LogP contribution in [0, 0.1) is 0 Å². The molecule has 0 aromatic carbocycles. The molecule has 14 heavy (non-hydrogen) atoms. The van der Waals surface area contributed by atoms with Crippen LogP contribution in [-0.2, 0) is 0 Å². The van der Waals surface area contributed by atoms with Crippen molar-refractivity contribution in [1.29, 1.82) is 0 Å². The molecular weight excluding hydrogens is 176 g/mol. The second-order valence-electron chi connectivity index (χ2n) is 4.44. The van der Waals surface area contributed by atoms with Gasteiger partial charge in [0, 0.05) is 51.9 Å². The second-order valence-corrected chi connectivity index (χ2v) is 4.44. The first-order valence-electron chi connectivity index (χ1n) is 5.75. The normalized spacial score (nSPS) is 31.1. The van der Waals surface area contributed by atoms with Gasteiger partial charge in [-0.25, -0.2) is 0 Å². The van der Waals surface area contributed by atoms with Crippen LogP contribution in [-0.4, -0.2) is 68.2 Å². The topological polar surface area (TPSA) is 44.5 Å². The number of nitrogens with zero attached hydrogens (tertiary/aromatic N) is 2. The molecule has 0 aliphatic carbocycles. The Bertz CT molecular complexity index is 163. The monoisotopic (exact) mass is 198 g/mol. The summed E-state index contributed by atoms with van der Waals surface area (Å²) in [7, 11) is 0. The molecule has 2 aliphatic heterocycles. The summed E-state index contributed by atoms with van der Waals surface area (Å²) in [6.07, 6.45) is 1.18. The summed E-state index contributed by atoms with van der Waals surface area (Å²) in [5.74, 6) is 0. The van der Waals surface area contributed by atoms with Crippen LogP contribution < -0.4 is 11.1 Å². The summed E-state index contributed by atoms with van der Waals surface area (Å²) in [5, 5.41) is 3.37. The number of nitrogens with one attached hydrogen (secondary N) is 1. The number of hydrogen-bond donors (Lipinski definition) is 2. The van der Waals surface area contributed by atoms with Gasteiger partial charge in [-0.2, -0.15) is 0 Å². The Kier molecular flexibility index (Phi) is 3.75. The first-order chi connectivity index (χ1) is 6.84. The predicted molar refractivity (Wildman–Crippen MR) is 58.3 cm³/mol. The van der Waals surface area contributed by atoms with E-state index in [1.165, 1.54) is 39.1 Å². The van der Waals surface area contributed by atoms with Crippen molar-refractivity contribution in [3.63, 3.8) is 0 Å². The fourth-order valence-corrected chi connectivity index (χ4v) is 2.28. The summed E-state index contributed by atoms with van der Waals surface area (Å²) in [6.45, 7) is 9.44. The third-order valence-corrected chi connectivity index (χ3v) is 3.25. The van der Waals surface area contributed by atoms with Gasteiger partial charge in [0.05, 0.1) is 0 Å². The standard InChI is InChI=1S/C10H22N4/c11-10-1-4-14(9-10)8-7-13-5-2-12-3-6-13/h10,12H,1-9,11H2. The van der Waals surface area contributed by atoms with Crippen molar-refractivity contribution in [1.82, 2.24) is 15.1 Å². The van der Waals surface area contributed by atoms with Gasteiger partial charge in [-0.3, -0.25) is 4.90 Å². The second kappa shape index (κ2) is 5.07. The largest absolute Gasteiger partial charge is 0.326 e. The quantitative estimate of drug-likeness (QED) is 0.606. The van der Waals surface area contributed by atoms with Crippen LogP contribution in [0.4, 0.5) is 0 Å². The van der Waals surface area contributed by atoms with Crippen LogP contribution in [0.2, 0.25) is 0 Å². The molecule has 3 N–H and O–H groups in total. The lowest BCUT2D eigenvalue weighted by Gasteiger charge is -2.28. The van der Waals surface area contributed by atoms with E-state index >= 15 is 0 Å². The molecule has 0 radical (unpaired) electrons. The zero-order valence-electron chi connectivity index (χ0n) is 8.91. The fourth-order valence-electron chi connectivity index (χ4n) is 2.28. The molecule has 82 valence electrons. The average molecular weight is 198 g/mol. The molecule has 0 bridgehead atoms. The van der Waals surface area contributed by atoms with Gasteiger partial charge in [0.1, 0.15) is 0 Å². The van der Waals surface area contributed by atoms with Crippen molar-refractivity contribution in [3.05, 3.63) is 0 Å². The third-order valence-electron chi connectivity index (χ3n) is 3.25. The number of piperazine rings is 1. The van der Waals surface area contributed by atoms with Gasteiger partial charge in [-0.1, -0.05) is 0 Å². The molecule has 2 fully saturated rings. The highest BCUT2D eigenvalue weighted by molar-refractivity contribution is 4.79. The van der Waals surface area contributed by atoms with Crippen molar-refractivity contribution in [2.75, 3.05) is 52.4 Å². The van der Waals surface area contributed by atoms with Crippen LogP contribution in [0.5, 0.6) is 0 Å². The van der Waals surface area contributed by atoms with Crippen LogP contribution >= 0.6 is 0 Å². The van der Waals surface area contributed by atoms with Gasteiger partial charge in [0.15, 0.2) is 0 Å². The van der Waals surface area contributed by atoms with Crippen LogP contribution in [0.25, 0.3) is 0 Å². The molecule has 1 atom stereocenters. The summed E-state index contributed by atoms with van der Waals surface area (Å²) in [6, 6.07) is 0.429. The predicted octanol–water partition coefficient (Wildman–Crippen LogP) is -1.08. The van der Waals surface area contributed by atoms with E-state index in [1.54, 1.807) is 0 Å². The maximum atomic E-state index is 5.87. The van der Waals surface area contributed by atoms with Crippen molar-refractivity contribution in [3.8, 4) is 0 Å². The molecule has 2 heterocycles. The van der Waals surface area contributed by atoms with Crippen molar-refractivity contribution in [2.24, 2.45) is 5.73 Å². The lowest BCUT2D eigenvalue weighted by atomic mass is 10.3. The molecule has 0 aromatic heterocycles. The molecule has 0 spiro atoms. The molecule has 4 heteroatoms. The minimum absolute atomic E-state index is 0.429. The maximum absolute atomic E-state index is 5.87. The Balaban J connectivity index is 1.61. The first kappa shape index (κ1) is 10.4. The Labute approximate surface area is 86.4 Å². The van der Waals surface area contributed by atoms with E-state index in [0.29, 0.717) is 6.04 Å². The summed E-state index contributed by atoms with van der Waals surface area (Å²) in [4.78, 5) is 5.03. The van der Waals surface area contributed by atoms with E-state index in [2.05, 4.69) is 15.1 Å². The van der Waals surface area contributed by atoms with E-state index in [-0.39, 0.29) is 0 Å². The summed E-state index contributed by atoms with van der Waals surface area (Å²) >= 11 is 0. The van der Waals surface area contributed by atoms with Gasteiger partial charge in [-0.05, 0) is 13.0 Å². The lowest BCUT2D eigenvalue weighted by Crippen LogP contribution is -2.46. The van der Waals surface area contributed by atoms with Gasteiger partial charge < -0.3 is 16.0 Å². The Morgan fingerprint density at radius 2 is 1.79 bits per heavy atom. The maximum Gasteiger partial charge on any atom is 0.0180 e. The number of nitrogens with two attached hydrogens (primary N) is 1. The highest BCUT2D eigenvalue weighted by Gasteiger charge is 2.19. The van der Waals surface area contributed by atoms with Crippen LogP contribution in [0.1, 0.15) is 6.42 Å². The van der Waals surface area contributed by atoms with Crippen molar-refractivity contribution < 1.29 is 0 Å². The smallest absolute Gasteiger partial charge is 0.0180 e. The zero-order chi connectivity index (χ0) is 9.80. The average Bonchev–Trinajstić information content (AvgIpc) is 2.63. The van der Waals surface area contributed by atoms with Crippen LogP contribution in [0.3, 0.4) is 0 Å². The minimum atomic E-state index is 0.429. The van der Waals surface area contributed by atoms with E-state index in [9.17, 15) is 0 Å². The van der Waals surface area contributed by atoms with Crippen LogP contribution in [0.15, 0.2) is 0 Å². The van der Waals surface area contributed by atoms with Gasteiger partial charge in [0.2, 0.25) is 0 Å². The van der Waals surface area contributed by atoms with E-state index in [0.717, 1.165) is 19.6 Å². The van der Waals surface area contributed by atoms with Gasteiger partial charge in [0.25, 0.3) is 0 Å². The zero-order valence-corrected chi connectivity index (χ0v) is 8.91. The molecule has 0 aromatic rings. The minimum Gasteiger partial charge on any atom is -0.326 e. The number of rotatable bonds is 3. The Hall–Kier alpha value is -0.160. The number of hydrogen-bond acceptors (Lipinski definition) is 4.